The molecule has 0 aliphatic rings. The fourth-order valence-electron chi connectivity index (χ4n) is 1.61. The van der Waals surface area contributed by atoms with Gasteiger partial charge in [-0.3, -0.25) is 0 Å². The highest BCUT2D eigenvalue weighted by Crippen LogP contribution is 2.21. The molecule has 0 aromatic heterocycles. The predicted octanol–water partition coefficient (Wildman–Crippen LogP) is 4.38. The highest BCUT2D eigenvalue weighted by atomic mass is 16.3. The molecule has 0 aliphatic heterocycles. The number of aromatic hydroxyl groups is 1. The van der Waals surface area contributed by atoms with Gasteiger partial charge in [0.15, 0.2) is 0 Å². The first-order valence-corrected chi connectivity index (χ1v) is 5.71. The highest BCUT2D eigenvalue weighted by Gasteiger charge is 1.98. The van der Waals surface area contributed by atoms with E-state index < -0.39 is 0 Å². The summed E-state index contributed by atoms with van der Waals surface area (Å²) in [4.78, 5) is 0. The van der Waals surface area contributed by atoms with E-state index in [-0.39, 0.29) is 0 Å². The average Bonchev–Trinajstić information content (AvgIpc) is 2.25. The van der Waals surface area contributed by atoms with Crippen LogP contribution in [0.15, 0.2) is 30.8 Å². The van der Waals surface area contributed by atoms with Crippen LogP contribution in [0.5, 0.6) is 5.75 Å². The lowest BCUT2D eigenvalue weighted by atomic mass is 10.0. The first-order chi connectivity index (χ1) is 7.24. The molecule has 0 aliphatic carbocycles. The number of phenols is 1. The number of unbranched alkanes of at least 4 members (excludes halogenated alkanes) is 3. The minimum atomic E-state index is 0.317. The summed E-state index contributed by atoms with van der Waals surface area (Å²) >= 11 is 0. The molecular formula is C14H20O. The minimum Gasteiger partial charge on any atom is -0.508 e. The molecule has 1 aromatic rings. The first kappa shape index (κ1) is 11.8. The van der Waals surface area contributed by atoms with Gasteiger partial charge in [-0.1, -0.05) is 44.9 Å². The molecule has 0 spiro atoms. The molecule has 0 fully saturated rings. The van der Waals surface area contributed by atoms with E-state index in [0.717, 1.165) is 12.0 Å². The van der Waals surface area contributed by atoms with E-state index in [1.54, 1.807) is 12.1 Å². The smallest absolute Gasteiger partial charge is 0.115 e. The third-order valence-corrected chi connectivity index (χ3v) is 2.61. The molecule has 0 atom stereocenters. The minimum absolute atomic E-state index is 0.317. The van der Waals surface area contributed by atoms with E-state index in [1.807, 2.05) is 12.1 Å². The highest BCUT2D eigenvalue weighted by molar-refractivity contribution is 5.63. The molecule has 0 radical (unpaired) electrons. The first-order valence-electron chi connectivity index (χ1n) is 5.71. The monoisotopic (exact) mass is 204 g/mol. The number of rotatable bonds is 6. The fraction of sp³-hybridized carbons (Fsp3) is 0.429. The van der Waals surface area contributed by atoms with Crippen LogP contribution in [-0.2, 0) is 0 Å². The van der Waals surface area contributed by atoms with Crippen molar-refractivity contribution in [2.75, 3.05) is 0 Å². The Morgan fingerprint density at radius 1 is 1.13 bits per heavy atom. The lowest BCUT2D eigenvalue weighted by Gasteiger charge is -2.05. The molecule has 0 heterocycles. The van der Waals surface area contributed by atoms with Crippen LogP contribution < -0.4 is 0 Å². The average molecular weight is 204 g/mol. The van der Waals surface area contributed by atoms with Gasteiger partial charge in [-0.2, -0.15) is 0 Å². The SMILES string of the molecule is C=C(CCCCCC)c1ccc(O)cc1. The molecule has 1 rings (SSSR count). The van der Waals surface area contributed by atoms with Gasteiger partial charge >= 0.3 is 0 Å². The normalized spacial score (nSPS) is 10.2. The largest absolute Gasteiger partial charge is 0.508 e. The van der Waals surface area contributed by atoms with Crippen molar-refractivity contribution in [1.29, 1.82) is 0 Å². The summed E-state index contributed by atoms with van der Waals surface area (Å²) in [6, 6.07) is 7.29. The third-order valence-electron chi connectivity index (χ3n) is 2.61. The molecule has 0 bridgehead atoms. The maximum Gasteiger partial charge on any atom is 0.115 e. The van der Waals surface area contributed by atoms with E-state index in [0.29, 0.717) is 5.75 Å². The van der Waals surface area contributed by atoms with Crippen LogP contribution in [-0.4, -0.2) is 5.11 Å². The van der Waals surface area contributed by atoms with Crippen LogP contribution >= 0.6 is 0 Å². The molecule has 0 saturated heterocycles. The zero-order valence-electron chi connectivity index (χ0n) is 9.50. The molecule has 0 unspecified atom stereocenters. The number of hydrogen-bond acceptors (Lipinski definition) is 1. The Bertz CT molecular complexity index is 298. The number of allylic oxidation sites excluding steroid dienone is 1. The van der Waals surface area contributed by atoms with Gasteiger partial charge in [-0.15, -0.1) is 0 Å². The standard InChI is InChI=1S/C14H20O/c1-3-4-5-6-7-12(2)13-8-10-14(15)11-9-13/h8-11,15H,2-7H2,1H3. The van der Waals surface area contributed by atoms with Crippen LogP contribution in [0.1, 0.15) is 44.6 Å². The summed E-state index contributed by atoms with van der Waals surface area (Å²) in [6.45, 7) is 6.29. The van der Waals surface area contributed by atoms with Gasteiger partial charge in [-0.05, 0) is 36.1 Å². The van der Waals surface area contributed by atoms with Crippen LogP contribution in [0.3, 0.4) is 0 Å². The number of phenolic OH excluding ortho intramolecular Hbond substituents is 1. The summed E-state index contributed by atoms with van der Waals surface area (Å²) in [6.07, 6.45) is 6.14. The van der Waals surface area contributed by atoms with Crippen LogP contribution in [0.25, 0.3) is 5.57 Å². The summed E-state index contributed by atoms with van der Waals surface area (Å²) in [5.74, 6) is 0.317. The van der Waals surface area contributed by atoms with Crippen molar-refractivity contribution in [2.24, 2.45) is 0 Å². The second-order valence-corrected chi connectivity index (χ2v) is 3.96. The molecular weight excluding hydrogens is 184 g/mol. The quantitative estimate of drug-likeness (QED) is 0.682. The maximum atomic E-state index is 9.15. The van der Waals surface area contributed by atoms with Crippen molar-refractivity contribution < 1.29 is 5.11 Å². The lowest BCUT2D eigenvalue weighted by molar-refractivity contribution is 0.475. The van der Waals surface area contributed by atoms with Crippen molar-refractivity contribution in [1.82, 2.24) is 0 Å². The van der Waals surface area contributed by atoms with Gasteiger partial charge < -0.3 is 5.11 Å². The van der Waals surface area contributed by atoms with Gasteiger partial charge in [0.25, 0.3) is 0 Å². The van der Waals surface area contributed by atoms with Crippen molar-refractivity contribution in [3.8, 4) is 5.75 Å². The summed E-state index contributed by atoms with van der Waals surface area (Å²) < 4.78 is 0. The van der Waals surface area contributed by atoms with Gasteiger partial charge in [0.05, 0.1) is 0 Å². The van der Waals surface area contributed by atoms with Crippen LogP contribution in [0.4, 0.5) is 0 Å². The Kier molecular flexibility index (Phi) is 4.96. The van der Waals surface area contributed by atoms with E-state index in [9.17, 15) is 0 Å². The van der Waals surface area contributed by atoms with E-state index in [1.165, 1.54) is 31.3 Å². The second kappa shape index (κ2) is 6.28. The Morgan fingerprint density at radius 2 is 1.80 bits per heavy atom. The third kappa shape index (κ3) is 4.20. The van der Waals surface area contributed by atoms with Gasteiger partial charge in [0.1, 0.15) is 5.75 Å². The summed E-state index contributed by atoms with van der Waals surface area (Å²) in [5.41, 5.74) is 2.32. The lowest BCUT2D eigenvalue weighted by Crippen LogP contribution is -1.83. The van der Waals surface area contributed by atoms with Gasteiger partial charge in [0.2, 0.25) is 0 Å². The summed E-state index contributed by atoms with van der Waals surface area (Å²) in [5, 5.41) is 9.15. The Balaban J connectivity index is 2.37. The molecule has 82 valence electrons. The maximum absolute atomic E-state index is 9.15. The van der Waals surface area contributed by atoms with Crippen molar-refractivity contribution in [3.05, 3.63) is 36.4 Å². The molecule has 0 saturated carbocycles. The molecule has 0 amide bonds. The van der Waals surface area contributed by atoms with E-state index in [2.05, 4.69) is 13.5 Å². The Hall–Kier alpha value is -1.24. The number of benzene rings is 1. The van der Waals surface area contributed by atoms with E-state index >= 15 is 0 Å². The van der Waals surface area contributed by atoms with Crippen molar-refractivity contribution in [3.63, 3.8) is 0 Å². The van der Waals surface area contributed by atoms with Crippen LogP contribution in [0, 0.1) is 0 Å². The Morgan fingerprint density at radius 3 is 2.40 bits per heavy atom. The van der Waals surface area contributed by atoms with Gasteiger partial charge in [0, 0.05) is 0 Å². The van der Waals surface area contributed by atoms with Crippen molar-refractivity contribution in [2.45, 2.75) is 39.0 Å². The fourth-order valence-corrected chi connectivity index (χ4v) is 1.61. The number of hydrogen-bond donors (Lipinski definition) is 1. The van der Waals surface area contributed by atoms with Crippen molar-refractivity contribution >= 4 is 5.57 Å². The molecule has 1 aromatic carbocycles. The second-order valence-electron chi connectivity index (χ2n) is 3.96. The van der Waals surface area contributed by atoms with Crippen LogP contribution in [0.2, 0.25) is 0 Å². The molecule has 1 N–H and O–H groups in total. The molecule has 1 heteroatoms. The van der Waals surface area contributed by atoms with Gasteiger partial charge in [-0.25, -0.2) is 0 Å². The Labute approximate surface area is 92.5 Å². The summed E-state index contributed by atoms with van der Waals surface area (Å²) in [7, 11) is 0. The van der Waals surface area contributed by atoms with E-state index in [4.69, 9.17) is 5.11 Å². The zero-order valence-corrected chi connectivity index (χ0v) is 9.50. The molecule has 1 nitrogen and oxygen atoms in total. The topological polar surface area (TPSA) is 20.2 Å². The predicted molar refractivity (Wildman–Crippen MR) is 65.9 cm³/mol. The molecule has 15 heavy (non-hydrogen) atoms. The zero-order chi connectivity index (χ0) is 11.1.